The summed E-state index contributed by atoms with van der Waals surface area (Å²) in [5, 5.41) is 6.17. The Balaban J connectivity index is 1.95. The molecule has 1 heterocycles. The molecule has 1 aromatic heterocycles. The lowest BCUT2D eigenvalue weighted by Crippen LogP contribution is -2.26. The summed E-state index contributed by atoms with van der Waals surface area (Å²) >= 11 is 1.19. The fourth-order valence-electron chi connectivity index (χ4n) is 1.79. The van der Waals surface area contributed by atoms with Crippen LogP contribution in [0, 0.1) is 5.41 Å². The van der Waals surface area contributed by atoms with Crippen molar-refractivity contribution in [3.8, 4) is 0 Å². The first-order chi connectivity index (χ1) is 12.3. The molecule has 0 aliphatic heterocycles. The third-order valence-electron chi connectivity index (χ3n) is 3.34. The molecule has 0 fully saturated rings. The number of aromatic nitrogens is 1. The lowest BCUT2D eigenvalue weighted by molar-refractivity contribution is -0.129. The van der Waals surface area contributed by atoms with Crippen LogP contribution in [0.15, 0.2) is 46.0 Å². The number of carbonyl (C=O) groups excluding carboxylic acids is 3. The van der Waals surface area contributed by atoms with Crippen LogP contribution in [-0.4, -0.2) is 35.2 Å². The van der Waals surface area contributed by atoms with Gasteiger partial charge in [-0.05, 0) is 12.1 Å². The largest absolute Gasteiger partial charge is 0.454 e. The van der Waals surface area contributed by atoms with Gasteiger partial charge in [-0.2, -0.15) is 0 Å². The number of hydrogen-bond acceptors (Lipinski definition) is 7. The highest BCUT2D eigenvalue weighted by Gasteiger charge is 2.23. The molecule has 0 aliphatic rings. The van der Waals surface area contributed by atoms with Crippen LogP contribution in [0.4, 0.5) is 5.82 Å². The second-order valence-electron chi connectivity index (χ2n) is 6.47. The minimum atomic E-state index is -0.595. The van der Waals surface area contributed by atoms with Crippen LogP contribution in [0.3, 0.4) is 0 Å². The van der Waals surface area contributed by atoms with E-state index in [2.05, 4.69) is 15.0 Å². The number of thioether (sulfide) groups is 1. The van der Waals surface area contributed by atoms with Gasteiger partial charge in [0.25, 0.3) is 0 Å². The Morgan fingerprint density at radius 3 is 2.58 bits per heavy atom. The van der Waals surface area contributed by atoms with Crippen molar-refractivity contribution in [1.82, 2.24) is 5.16 Å². The summed E-state index contributed by atoms with van der Waals surface area (Å²) in [4.78, 5) is 36.7. The minimum absolute atomic E-state index is 0.0814. The summed E-state index contributed by atoms with van der Waals surface area (Å²) in [6.07, 6.45) is 1.35. The number of hydrogen-bond donors (Lipinski definition) is 1. The van der Waals surface area contributed by atoms with Crippen molar-refractivity contribution in [2.75, 3.05) is 17.7 Å². The number of anilines is 1. The van der Waals surface area contributed by atoms with Gasteiger partial charge in [0, 0.05) is 16.4 Å². The van der Waals surface area contributed by atoms with Crippen molar-refractivity contribution in [2.45, 2.75) is 25.7 Å². The molecule has 7 nitrogen and oxygen atoms in total. The quantitative estimate of drug-likeness (QED) is 0.585. The second kappa shape index (κ2) is 8.66. The number of nitrogens with one attached hydrogen (secondary N) is 1. The monoisotopic (exact) mass is 376 g/mol. The molecule has 0 saturated heterocycles. The van der Waals surface area contributed by atoms with Crippen molar-refractivity contribution in [2.24, 2.45) is 5.41 Å². The second-order valence-corrected chi connectivity index (χ2v) is 7.48. The smallest absolute Gasteiger partial charge is 0.339 e. The van der Waals surface area contributed by atoms with Crippen molar-refractivity contribution in [3.63, 3.8) is 0 Å². The molecule has 0 unspecified atom stereocenters. The van der Waals surface area contributed by atoms with Crippen LogP contribution in [0.5, 0.6) is 0 Å². The van der Waals surface area contributed by atoms with E-state index in [1.807, 2.05) is 0 Å². The number of ether oxygens (including phenoxy) is 1. The molecule has 8 heteroatoms. The van der Waals surface area contributed by atoms with Gasteiger partial charge in [0.15, 0.2) is 18.2 Å². The third kappa shape index (κ3) is 5.73. The highest BCUT2D eigenvalue weighted by atomic mass is 32.2. The van der Waals surface area contributed by atoms with Crippen LogP contribution in [0.1, 0.15) is 31.1 Å². The predicted octanol–water partition coefficient (Wildman–Crippen LogP) is 3.18. The molecule has 1 N–H and O–H groups in total. The average Bonchev–Trinajstić information content (AvgIpc) is 3.09. The van der Waals surface area contributed by atoms with E-state index in [4.69, 9.17) is 4.74 Å². The van der Waals surface area contributed by atoms with Crippen molar-refractivity contribution >= 4 is 35.2 Å². The zero-order chi connectivity index (χ0) is 19.2. The summed E-state index contributed by atoms with van der Waals surface area (Å²) in [5.41, 5.74) is -0.262. The Bertz CT molecular complexity index is 781. The number of Topliss-reactive ketones (excluding diaryl/α,β-unsaturated/α-hetero) is 1. The fraction of sp³-hybridized carbons (Fsp3) is 0.333. The molecule has 0 radical (unpaired) electrons. The normalized spacial score (nSPS) is 11.0. The van der Waals surface area contributed by atoms with Crippen molar-refractivity contribution in [3.05, 3.63) is 42.2 Å². The molecule has 2 aromatic rings. The van der Waals surface area contributed by atoms with Crippen molar-refractivity contribution in [1.29, 1.82) is 0 Å². The van der Waals surface area contributed by atoms with E-state index in [1.165, 1.54) is 24.1 Å². The Kier molecular flexibility index (Phi) is 6.57. The maximum atomic E-state index is 12.3. The molecular weight excluding hydrogens is 356 g/mol. The predicted molar refractivity (Wildman–Crippen MR) is 97.0 cm³/mol. The third-order valence-corrected chi connectivity index (χ3v) is 4.42. The molecule has 2 rings (SSSR count). The fourth-order valence-corrected chi connectivity index (χ4v) is 2.63. The van der Waals surface area contributed by atoms with Gasteiger partial charge >= 0.3 is 5.97 Å². The van der Waals surface area contributed by atoms with Crippen LogP contribution in [0.2, 0.25) is 0 Å². The first-order valence-electron chi connectivity index (χ1n) is 7.90. The van der Waals surface area contributed by atoms with Gasteiger partial charge < -0.3 is 14.6 Å². The average molecular weight is 376 g/mol. The van der Waals surface area contributed by atoms with Gasteiger partial charge in [-0.15, -0.1) is 11.8 Å². The highest BCUT2D eigenvalue weighted by Crippen LogP contribution is 2.24. The number of amides is 1. The maximum Gasteiger partial charge on any atom is 0.339 e. The van der Waals surface area contributed by atoms with E-state index in [1.54, 1.807) is 45.0 Å². The Hall–Kier alpha value is -2.61. The van der Waals surface area contributed by atoms with Crippen LogP contribution in [0.25, 0.3) is 0 Å². The number of nitrogens with zero attached hydrogens (tertiary/aromatic N) is 1. The first kappa shape index (κ1) is 19.7. The summed E-state index contributed by atoms with van der Waals surface area (Å²) < 4.78 is 9.76. The zero-order valence-corrected chi connectivity index (χ0v) is 15.6. The highest BCUT2D eigenvalue weighted by molar-refractivity contribution is 8.00. The van der Waals surface area contributed by atoms with Gasteiger partial charge in [0.1, 0.15) is 6.26 Å². The summed E-state index contributed by atoms with van der Waals surface area (Å²) in [5.74, 6) is -0.637. The van der Waals surface area contributed by atoms with E-state index in [-0.39, 0.29) is 24.1 Å². The van der Waals surface area contributed by atoms with Gasteiger partial charge in [0.05, 0.1) is 11.3 Å². The van der Waals surface area contributed by atoms with E-state index >= 15 is 0 Å². The van der Waals surface area contributed by atoms with Gasteiger partial charge in [-0.3, -0.25) is 9.59 Å². The van der Waals surface area contributed by atoms with Gasteiger partial charge in [-0.25, -0.2) is 4.79 Å². The molecular formula is C18H20N2O5S. The molecule has 0 saturated carbocycles. The molecule has 138 valence electrons. The van der Waals surface area contributed by atoms with E-state index in [0.717, 1.165) is 0 Å². The molecule has 0 spiro atoms. The summed E-state index contributed by atoms with van der Waals surface area (Å²) in [7, 11) is 0. The minimum Gasteiger partial charge on any atom is -0.454 e. The van der Waals surface area contributed by atoms with E-state index in [0.29, 0.717) is 16.3 Å². The lowest BCUT2D eigenvalue weighted by atomic mass is 9.91. The summed E-state index contributed by atoms with van der Waals surface area (Å²) in [6.45, 7) is 5.01. The topological polar surface area (TPSA) is 98.5 Å². The van der Waals surface area contributed by atoms with Crippen molar-refractivity contribution < 1.29 is 23.6 Å². The number of rotatable bonds is 7. The molecule has 26 heavy (non-hydrogen) atoms. The molecule has 0 aliphatic carbocycles. The van der Waals surface area contributed by atoms with Gasteiger partial charge in [0.2, 0.25) is 5.91 Å². The standard InChI is InChI=1S/C18H20N2O5S/c1-18(2,3)14(21)10-24-17(23)12-6-4-5-7-13(12)26-11-16(22)19-15-8-9-25-20-15/h4-9H,10-11H2,1-3H3,(H,19,20,22). The molecule has 1 aromatic carbocycles. The Labute approximate surface area is 155 Å². The Morgan fingerprint density at radius 2 is 1.92 bits per heavy atom. The number of ketones is 1. The number of esters is 1. The SMILES string of the molecule is CC(C)(C)C(=O)COC(=O)c1ccccc1SCC(=O)Nc1ccon1. The van der Waals surface area contributed by atoms with Crippen LogP contribution < -0.4 is 5.32 Å². The summed E-state index contributed by atoms with van der Waals surface area (Å²) in [6, 6.07) is 8.30. The van der Waals surface area contributed by atoms with Crippen LogP contribution in [-0.2, 0) is 14.3 Å². The number of carbonyl (C=O) groups is 3. The lowest BCUT2D eigenvalue weighted by Gasteiger charge is -2.16. The maximum absolute atomic E-state index is 12.3. The molecule has 1 amide bonds. The molecule has 0 bridgehead atoms. The zero-order valence-electron chi connectivity index (χ0n) is 14.8. The Morgan fingerprint density at radius 1 is 1.19 bits per heavy atom. The first-order valence-corrected chi connectivity index (χ1v) is 8.88. The number of benzene rings is 1. The van der Waals surface area contributed by atoms with Gasteiger partial charge in [-0.1, -0.05) is 38.1 Å². The van der Waals surface area contributed by atoms with E-state index < -0.39 is 11.4 Å². The molecule has 0 atom stereocenters. The van der Waals surface area contributed by atoms with Crippen LogP contribution >= 0.6 is 11.8 Å². The van der Waals surface area contributed by atoms with E-state index in [9.17, 15) is 14.4 Å².